The summed E-state index contributed by atoms with van der Waals surface area (Å²) in [6.45, 7) is 6.57. The van der Waals surface area contributed by atoms with Gasteiger partial charge in [-0.3, -0.25) is 5.32 Å². The quantitative estimate of drug-likeness (QED) is 0.692. The van der Waals surface area contributed by atoms with Gasteiger partial charge in [0.25, 0.3) is 0 Å². The number of aromatic nitrogens is 3. The normalized spacial score (nSPS) is 14.0. The summed E-state index contributed by atoms with van der Waals surface area (Å²) >= 11 is 0. The smallest absolute Gasteiger partial charge is 0.348 e. The predicted octanol–water partition coefficient (Wildman–Crippen LogP) is 4.27. The molecule has 7 nitrogen and oxygen atoms in total. The molecule has 1 amide bonds. The van der Waals surface area contributed by atoms with Crippen LogP contribution in [0.2, 0.25) is 0 Å². The monoisotopic (exact) mass is 402 g/mol. The number of nitrogens with one attached hydrogen (secondary N) is 1. The van der Waals surface area contributed by atoms with Gasteiger partial charge in [0.2, 0.25) is 0 Å². The molecule has 9 heteroatoms. The number of carbonyl (C=O) groups is 1. The molecule has 1 aliphatic rings. The number of amides is 1. The minimum atomic E-state index is -0.982. The van der Waals surface area contributed by atoms with Gasteiger partial charge in [-0.1, -0.05) is 25.9 Å². The van der Waals surface area contributed by atoms with E-state index in [1.807, 2.05) is 20.8 Å². The minimum absolute atomic E-state index is 0.231. The Balaban J connectivity index is 1.68. The van der Waals surface area contributed by atoms with Gasteiger partial charge in [0.05, 0.1) is 24.6 Å². The average Bonchev–Trinajstić information content (AvgIpc) is 3.29. The highest BCUT2D eigenvalue weighted by molar-refractivity contribution is 5.90. The molecule has 0 fully saturated rings. The van der Waals surface area contributed by atoms with Crippen molar-refractivity contribution in [3.63, 3.8) is 0 Å². The fourth-order valence-corrected chi connectivity index (χ4v) is 3.13. The van der Waals surface area contributed by atoms with Crippen molar-refractivity contribution in [1.29, 1.82) is 0 Å². The summed E-state index contributed by atoms with van der Waals surface area (Å²) in [5.74, 6) is -1.03. The van der Waals surface area contributed by atoms with Crippen LogP contribution in [-0.2, 0) is 23.2 Å². The summed E-state index contributed by atoms with van der Waals surface area (Å²) < 4.78 is 39.0. The first-order valence-corrected chi connectivity index (χ1v) is 9.16. The van der Waals surface area contributed by atoms with Gasteiger partial charge < -0.3 is 9.26 Å². The minimum Gasteiger partial charge on any atom is -0.376 e. The van der Waals surface area contributed by atoms with Crippen LogP contribution in [0.4, 0.5) is 19.4 Å². The van der Waals surface area contributed by atoms with Crippen LogP contribution < -0.4 is 5.32 Å². The van der Waals surface area contributed by atoms with Crippen molar-refractivity contribution >= 4 is 11.8 Å². The van der Waals surface area contributed by atoms with Crippen molar-refractivity contribution in [1.82, 2.24) is 14.9 Å². The van der Waals surface area contributed by atoms with E-state index in [0.29, 0.717) is 41.3 Å². The molecule has 1 aliphatic heterocycles. The van der Waals surface area contributed by atoms with Gasteiger partial charge >= 0.3 is 6.03 Å². The molecule has 0 saturated heterocycles. The number of hydrogen-bond donors (Lipinski definition) is 1. The Morgan fingerprint density at radius 3 is 2.69 bits per heavy atom. The molecule has 0 unspecified atom stereocenters. The molecule has 2 aromatic heterocycles. The van der Waals surface area contributed by atoms with Crippen LogP contribution in [0.1, 0.15) is 37.8 Å². The van der Waals surface area contributed by atoms with Gasteiger partial charge in [0, 0.05) is 29.0 Å². The lowest BCUT2D eigenvalue weighted by Gasteiger charge is -2.14. The molecule has 0 bridgehead atoms. The van der Waals surface area contributed by atoms with Gasteiger partial charge in [-0.05, 0) is 18.2 Å². The number of anilines is 1. The Labute approximate surface area is 165 Å². The highest BCUT2D eigenvalue weighted by Gasteiger charge is 2.27. The number of fused-ring (bicyclic) bond motifs is 1. The maximum Gasteiger partial charge on any atom is 0.348 e. The molecule has 1 N–H and O–H groups in total. The van der Waals surface area contributed by atoms with Crippen molar-refractivity contribution in [2.24, 2.45) is 0 Å². The third-order valence-electron chi connectivity index (χ3n) is 4.69. The molecular weight excluding hydrogens is 382 g/mol. The second-order valence-electron chi connectivity index (χ2n) is 7.87. The number of rotatable bonds is 2. The van der Waals surface area contributed by atoms with Gasteiger partial charge in [-0.2, -0.15) is 9.78 Å². The summed E-state index contributed by atoms with van der Waals surface area (Å²) in [5, 5.41) is 10.9. The zero-order chi connectivity index (χ0) is 20.8. The summed E-state index contributed by atoms with van der Waals surface area (Å²) in [6.07, 6.45) is 0.464. The third-order valence-corrected chi connectivity index (χ3v) is 4.69. The average molecular weight is 402 g/mol. The van der Waals surface area contributed by atoms with E-state index in [2.05, 4.69) is 15.6 Å². The molecule has 0 atom stereocenters. The lowest BCUT2D eigenvalue weighted by Crippen LogP contribution is -2.25. The molecule has 0 spiro atoms. The van der Waals surface area contributed by atoms with Crippen molar-refractivity contribution in [3.8, 4) is 11.3 Å². The van der Waals surface area contributed by atoms with Crippen molar-refractivity contribution in [2.75, 3.05) is 11.9 Å². The van der Waals surface area contributed by atoms with E-state index in [9.17, 15) is 13.6 Å². The van der Waals surface area contributed by atoms with Crippen LogP contribution in [-0.4, -0.2) is 27.6 Å². The molecule has 152 valence electrons. The molecule has 3 heterocycles. The molecule has 0 saturated carbocycles. The van der Waals surface area contributed by atoms with E-state index in [-0.39, 0.29) is 17.8 Å². The third kappa shape index (κ3) is 3.65. The first-order chi connectivity index (χ1) is 13.7. The van der Waals surface area contributed by atoms with E-state index >= 15 is 0 Å². The Hall–Kier alpha value is -3.07. The largest absolute Gasteiger partial charge is 0.376 e. The number of ether oxygens (including phenoxy) is 1. The summed E-state index contributed by atoms with van der Waals surface area (Å²) in [7, 11) is 0. The van der Waals surface area contributed by atoms with Crippen molar-refractivity contribution < 1.29 is 22.8 Å². The molecule has 0 aliphatic carbocycles. The molecule has 1 aromatic carbocycles. The lowest BCUT2D eigenvalue weighted by atomic mass is 9.93. The Morgan fingerprint density at radius 2 is 2.00 bits per heavy atom. The topological polar surface area (TPSA) is 82.2 Å². The number of benzene rings is 1. The van der Waals surface area contributed by atoms with E-state index in [1.165, 1.54) is 10.7 Å². The van der Waals surface area contributed by atoms with E-state index in [0.717, 1.165) is 12.1 Å². The van der Waals surface area contributed by atoms with Crippen LogP contribution in [0.15, 0.2) is 28.8 Å². The molecule has 29 heavy (non-hydrogen) atoms. The lowest BCUT2D eigenvalue weighted by molar-refractivity contribution is 0.109. The molecular formula is C20H20F2N4O3. The van der Waals surface area contributed by atoms with Gasteiger partial charge in [-0.25, -0.2) is 13.6 Å². The Morgan fingerprint density at radius 1 is 1.21 bits per heavy atom. The van der Waals surface area contributed by atoms with Gasteiger partial charge in [-0.15, -0.1) is 0 Å². The highest BCUT2D eigenvalue weighted by atomic mass is 19.2. The van der Waals surface area contributed by atoms with E-state index < -0.39 is 17.7 Å². The van der Waals surface area contributed by atoms with E-state index in [4.69, 9.17) is 9.26 Å². The number of halogens is 2. The molecule has 4 rings (SSSR count). The first kappa shape index (κ1) is 19.3. The number of hydrogen-bond acceptors (Lipinski definition) is 5. The summed E-state index contributed by atoms with van der Waals surface area (Å²) in [4.78, 5) is 12.8. The van der Waals surface area contributed by atoms with Crippen LogP contribution in [0, 0.1) is 11.6 Å². The van der Waals surface area contributed by atoms with Gasteiger partial charge in [0.1, 0.15) is 5.76 Å². The maximum absolute atomic E-state index is 13.7. The van der Waals surface area contributed by atoms with Crippen LogP contribution in [0.25, 0.3) is 11.3 Å². The Kier molecular flexibility index (Phi) is 4.70. The van der Waals surface area contributed by atoms with Crippen LogP contribution in [0.5, 0.6) is 0 Å². The van der Waals surface area contributed by atoms with E-state index in [1.54, 1.807) is 6.07 Å². The highest BCUT2D eigenvalue weighted by Crippen LogP contribution is 2.30. The van der Waals surface area contributed by atoms with Crippen LogP contribution >= 0.6 is 0 Å². The molecule has 0 radical (unpaired) electrons. The predicted molar refractivity (Wildman–Crippen MR) is 101 cm³/mol. The zero-order valence-electron chi connectivity index (χ0n) is 16.3. The summed E-state index contributed by atoms with van der Waals surface area (Å²) in [6, 6.07) is 4.65. The standard InChI is InChI=1S/C20H20F2N4O3/c1-20(2,3)16-9-17(25-29-16)23-19(27)26-15-6-7-28-10-12(15)18(24-26)11-4-5-13(21)14(22)8-11/h4-5,8-9H,6-7,10H2,1-3H3,(H,23,25,27). The van der Waals surface area contributed by atoms with Crippen molar-refractivity contribution in [2.45, 2.75) is 39.2 Å². The fourth-order valence-electron chi connectivity index (χ4n) is 3.13. The number of carbonyl (C=O) groups excluding carboxylic acids is 1. The Bertz CT molecular complexity index is 1080. The van der Waals surface area contributed by atoms with Crippen LogP contribution in [0.3, 0.4) is 0 Å². The first-order valence-electron chi connectivity index (χ1n) is 9.16. The molecule has 3 aromatic rings. The van der Waals surface area contributed by atoms with Crippen molar-refractivity contribution in [3.05, 3.63) is 52.9 Å². The second kappa shape index (κ2) is 7.07. The SMILES string of the molecule is CC(C)(C)c1cc(NC(=O)n2nc(-c3ccc(F)c(F)c3)c3c2CCOC3)no1. The number of nitrogens with zero attached hydrogens (tertiary/aromatic N) is 3. The fraction of sp³-hybridized carbons (Fsp3) is 0.350. The maximum atomic E-state index is 13.7. The second-order valence-corrected chi connectivity index (χ2v) is 7.87. The zero-order valence-corrected chi connectivity index (χ0v) is 16.3. The van der Waals surface area contributed by atoms with Gasteiger partial charge in [0.15, 0.2) is 17.5 Å². The summed E-state index contributed by atoms with van der Waals surface area (Å²) in [5.41, 5.74) is 1.83.